The third-order valence-corrected chi connectivity index (χ3v) is 11.0. The maximum Gasteiger partial charge on any atom is 0.294 e. The van der Waals surface area contributed by atoms with Crippen molar-refractivity contribution in [2.45, 2.75) is 231 Å². The highest BCUT2D eigenvalue weighted by Gasteiger charge is 2.07. The second kappa shape index (κ2) is 36.9. The van der Waals surface area contributed by atoms with Gasteiger partial charge in [-0.25, -0.2) is 0 Å². The number of hydrogen-bond acceptors (Lipinski definition) is 3. The van der Waals surface area contributed by atoms with Gasteiger partial charge in [0.2, 0.25) is 0 Å². The highest BCUT2D eigenvalue weighted by atomic mass is 32.2. The van der Waals surface area contributed by atoms with Crippen LogP contribution in [0.5, 0.6) is 0 Å². The lowest BCUT2D eigenvalue weighted by atomic mass is 10.0. The molecule has 1 aromatic rings. The van der Waals surface area contributed by atoms with Crippen molar-refractivity contribution in [3.8, 4) is 0 Å². The smallest absolute Gasteiger partial charge is 0.294 e. The van der Waals surface area contributed by atoms with Crippen molar-refractivity contribution >= 4 is 10.1 Å². The molecule has 0 aliphatic rings. The van der Waals surface area contributed by atoms with Crippen LogP contribution in [0.2, 0.25) is 0 Å². The predicted octanol–water partition coefficient (Wildman–Crippen LogP) is 14.7. The minimum absolute atomic E-state index is 0.0666. The number of nitrogens with zero attached hydrogens (tertiary/aromatic N) is 1. The fraction of sp³-hybridized carbons (Fsp3) is 0.864. The molecule has 0 atom stereocenters. The number of hydrogen-bond donors (Lipinski definition) is 1. The average Bonchev–Trinajstić information content (AvgIpc) is 3.08. The van der Waals surface area contributed by atoms with E-state index in [1.165, 1.54) is 231 Å². The zero-order valence-corrected chi connectivity index (χ0v) is 34.3. The van der Waals surface area contributed by atoms with Gasteiger partial charge in [0, 0.05) is 0 Å². The molecule has 0 saturated heterocycles. The molecule has 1 N–H and O–H groups in total. The Kier molecular flexibility index (Phi) is 36.2. The van der Waals surface area contributed by atoms with E-state index in [1.807, 2.05) is 6.92 Å². The Balaban J connectivity index is 0.00000175. The van der Waals surface area contributed by atoms with Gasteiger partial charge in [-0.1, -0.05) is 224 Å². The van der Waals surface area contributed by atoms with E-state index in [0.717, 1.165) is 5.56 Å². The quantitative estimate of drug-likeness (QED) is 0.0563. The van der Waals surface area contributed by atoms with Crippen molar-refractivity contribution < 1.29 is 13.0 Å². The fourth-order valence-corrected chi connectivity index (χ4v) is 7.16. The van der Waals surface area contributed by atoms with E-state index >= 15 is 0 Å². The lowest BCUT2D eigenvalue weighted by Gasteiger charge is -2.16. The molecule has 1 rings (SSSR count). The van der Waals surface area contributed by atoms with Crippen LogP contribution in [0.15, 0.2) is 29.2 Å². The standard InChI is InChI=1S/C37H77N.C7H8O3S/c1-4-6-8-10-12-14-16-18-20-22-24-26-28-30-32-34-36-38(3)37-35-33-31-29-27-25-23-21-19-17-15-13-11-9-7-5-2;1-6-2-4-7(5-3-6)11(8,9)10/h4-37H2,1-3H3;2-5H,1H3,(H,8,9,10). The zero-order chi connectivity index (χ0) is 36.1. The van der Waals surface area contributed by atoms with E-state index < -0.39 is 10.1 Å². The molecule has 0 spiro atoms. The van der Waals surface area contributed by atoms with Crippen LogP contribution in [0.3, 0.4) is 0 Å². The van der Waals surface area contributed by atoms with Crippen LogP contribution in [0, 0.1) is 6.92 Å². The maximum atomic E-state index is 10.5. The Morgan fingerprint density at radius 3 is 0.878 bits per heavy atom. The summed E-state index contributed by atoms with van der Waals surface area (Å²) in [4.78, 5) is 2.52. The normalized spacial score (nSPS) is 11.6. The molecule has 5 heteroatoms. The third-order valence-electron chi connectivity index (χ3n) is 10.1. The summed E-state index contributed by atoms with van der Waals surface area (Å²) in [7, 11) is -1.68. The number of aryl methyl sites for hydroxylation is 1. The second-order valence-corrected chi connectivity index (χ2v) is 16.6. The van der Waals surface area contributed by atoms with Gasteiger partial charge in [-0.3, -0.25) is 4.55 Å². The largest absolute Gasteiger partial charge is 0.306 e. The molecular weight excluding hydrogens is 623 g/mol. The highest BCUT2D eigenvalue weighted by Crippen LogP contribution is 2.16. The van der Waals surface area contributed by atoms with Gasteiger partial charge < -0.3 is 4.90 Å². The highest BCUT2D eigenvalue weighted by molar-refractivity contribution is 7.85. The topological polar surface area (TPSA) is 57.6 Å². The number of unbranched alkanes of at least 4 members (excludes halogenated alkanes) is 30. The first-order valence-corrected chi connectivity index (χ1v) is 23.0. The second-order valence-electron chi connectivity index (χ2n) is 15.2. The van der Waals surface area contributed by atoms with Crippen LogP contribution in [0.4, 0.5) is 0 Å². The Bertz CT molecular complexity index is 850. The molecule has 1 aromatic carbocycles. The summed E-state index contributed by atoms with van der Waals surface area (Å²) in [5.41, 5.74) is 0.956. The average molecular weight is 708 g/mol. The van der Waals surface area contributed by atoms with Gasteiger partial charge in [-0.05, 0) is 52.0 Å². The number of benzene rings is 1. The molecule has 0 heterocycles. The first kappa shape index (κ1) is 48.1. The number of rotatable bonds is 35. The van der Waals surface area contributed by atoms with Crippen LogP contribution in [-0.4, -0.2) is 38.0 Å². The van der Waals surface area contributed by atoms with E-state index in [1.54, 1.807) is 12.1 Å². The van der Waals surface area contributed by atoms with Gasteiger partial charge in [0.1, 0.15) is 0 Å². The Morgan fingerprint density at radius 1 is 0.429 bits per heavy atom. The van der Waals surface area contributed by atoms with E-state index in [0.29, 0.717) is 0 Å². The summed E-state index contributed by atoms with van der Waals surface area (Å²) < 4.78 is 29.6. The van der Waals surface area contributed by atoms with Crippen LogP contribution < -0.4 is 0 Å². The molecule has 0 unspecified atom stereocenters. The predicted molar refractivity (Wildman–Crippen MR) is 218 cm³/mol. The molecule has 49 heavy (non-hydrogen) atoms. The first-order chi connectivity index (χ1) is 23.8. The van der Waals surface area contributed by atoms with Crippen LogP contribution in [0.1, 0.15) is 225 Å². The fourth-order valence-electron chi connectivity index (χ4n) is 6.68. The molecule has 0 fully saturated rings. The Morgan fingerprint density at radius 2 is 0.653 bits per heavy atom. The molecule has 0 aromatic heterocycles. The van der Waals surface area contributed by atoms with E-state index in [4.69, 9.17) is 4.55 Å². The van der Waals surface area contributed by atoms with Gasteiger partial charge >= 0.3 is 0 Å². The van der Waals surface area contributed by atoms with Crippen LogP contribution in [-0.2, 0) is 10.1 Å². The lowest BCUT2D eigenvalue weighted by Crippen LogP contribution is -2.20. The SMILES string of the molecule is CCCCCCCCCCCCCCCCCCN(C)CCCCCCCCCCCCCCCCCC.Cc1ccc(S(=O)(=O)O)cc1. The van der Waals surface area contributed by atoms with Crippen molar-refractivity contribution in [3.63, 3.8) is 0 Å². The minimum atomic E-state index is -4.02. The zero-order valence-electron chi connectivity index (χ0n) is 33.5. The third kappa shape index (κ3) is 36.7. The summed E-state index contributed by atoms with van der Waals surface area (Å²) in [6.45, 7) is 9.09. The van der Waals surface area contributed by atoms with Crippen molar-refractivity contribution in [2.75, 3.05) is 20.1 Å². The Hall–Kier alpha value is -0.910. The molecular formula is C44H85NO3S. The summed E-state index contributed by atoms with van der Waals surface area (Å²) in [6, 6.07) is 5.99. The molecule has 0 amide bonds. The van der Waals surface area contributed by atoms with Crippen molar-refractivity contribution in [2.24, 2.45) is 0 Å². The lowest BCUT2D eigenvalue weighted by molar-refractivity contribution is 0.314. The summed E-state index contributed by atoms with van der Waals surface area (Å²) in [6.07, 6.45) is 46.8. The first-order valence-electron chi connectivity index (χ1n) is 21.5. The van der Waals surface area contributed by atoms with E-state index in [2.05, 4.69) is 25.8 Å². The molecule has 290 valence electrons. The van der Waals surface area contributed by atoms with Gasteiger partial charge in [0.15, 0.2) is 0 Å². The van der Waals surface area contributed by atoms with Crippen molar-refractivity contribution in [3.05, 3.63) is 29.8 Å². The van der Waals surface area contributed by atoms with Crippen LogP contribution in [0.25, 0.3) is 0 Å². The summed E-state index contributed by atoms with van der Waals surface area (Å²) in [5, 5.41) is 0. The maximum absolute atomic E-state index is 10.5. The molecule has 0 aliphatic heterocycles. The monoisotopic (exact) mass is 708 g/mol. The molecule has 0 aliphatic carbocycles. The van der Waals surface area contributed by atoms with Gasteiger partial charge in [0.25, 0.3) is 10.1 Å². The molecule has 0 saturated carbocycles. The molecule has 4 nitrogen and oxygen atoms in total. The summed E-state index contributed by atoms with van der Waals surface area (Å²) >= 11 is 0. The Labute approximate surface area is 308 Å². The van der Waals surface area contributed by atoms with E-state index in [9.17, 15) is 8.42 Å². The van der Waals surface area contributed by atoms with Gasteiger partial charge in [-0.2, -0.15) is 8.42 Å². The van der Waals surface area contributed by atoms with Crippen molar-refractivity contribution in [1.29, 1.82) is 0 Å². The van der Waals surface area contributed by atoms with Gasteiger partial charge in [0.05, 0.1) is 4.90 Å². The van der Waals surface area contributed by atoms with Gasteiger partial charge in [-0.15, -0.1) is 0 Å². The van der Waals surface area contributed by atoms with Crippen LogP contribution >= 0.6 is 0 Å². The van der Waals surface area contributed by atoms with Crippen molar-refractivity contribution in [1.82, 2.24) is 4.90 Å². The molecule has 0 bridgehead atoms. The minimum Gasteiger partial charge on any atom is -0.306 e. The molecule has 0 radical (unpaired) electrons. The van der Waals surface area contributed by atoms with E-state index in [-0.39, 0.29) is 4.90 Å². The summed E-state index contributed by atoms with van der Waals surface area (Å²) in [5.74, 6) is 0.